The smallest absolute Gasteiger partial charge is 0.0494 e. The standard InChI is InChI=1S/C15H30N2O/c1-12(2)15-10-17(13(3)9-16-15)7-4-8-18-11-14-5-6-14/h12-16H,4-11H2,1-3H3. The van der Waals surface area contributed by atoms with Crippen LogP contribution < -0.4 is 5.32 Å². The largest absolute Gasteiger partial charge is 0.381 e. The number of ether oxygens (including phenoxy) is 1. The summed E-state index contributed by atoms with van der Waals surface area (Å²) < 4.78 is 5.72. The van der Waals surface area contributed by atoms with Gasteiger partial charge in [0.25, 0.3) is 0 Å². The van der Waals surface area contributed by atoms with Gasteiger partial charge in [-0.2, -0.15) is 0 Å². The summed E-state index contributed by atoms with van der Waals surface area (Å²) in [5.74, 6) is 1.62. The first-order chi connectivity index (χ1) is 8.66. The van der Waals surface area contributed by atoms with Crippen LogP contribution in [-0.4, -0.2) is 49.8 Å². The second kappa shape index (κ2) is 6.88. The van der Waals surface area contributed by atoms with Crippen molar-refractivity contribution in [1.29, 1.82) is 0 Å². The molecule has 1 N–H and O–H groups in total. The van der Waals surface area contributed by atoms with E-state index in [0.29, 0.717) is 12.1 Å². The molecule has 1 saturated heterocycles. The van der Waals surface area contributed by atoms with E-state index in [1.807, 2.05) is 0 Å². The number of rotatable bonds is 7. The molecule has 0 aromatic heterocycles. The van der Waals surface area contributed by atoms with Crippen molar-refractivity contribution in [2.24, 2.45) is 11.8 Å². The first-order valence-corrected chi connectivity index (χ1v) is 7.72. The van der Waals surface area contributed by atoms with E-state index in [-0.39, 0.29) is 0 Å². The van der Waals surface area contributed by atoms with Gasteiger partial charge in [-0.05, 0) is 38.0 Å². The highest BCUT2D eigenvalue weighted by atomic mass is 16.5. The SMILES string of the molecule is CC(C)C1CN(CCCOCC2CC2)C(C)CN1. The Morgan fingerprint density at radius 1 is 1.33 bits per heavy atom. The van der Waals surface area contributed by atoms with Gasteiger partial charge in [0.15, 0.2) is 0 Å². The van der Waals surface area contributed by atoms with E-state index >= 15 is 0 Å². The fourth-order valence-corrected chi connectivity index (χ4v) is 2.61. The maximum absolute atomic E-state index is 5.72. The second-order valence-corrected chi connectivity index (χ2v) is 6.47. The molecule has 1 aliphatic heterocycles. The minimum absolute atomic E-state index is 0.661. The maximum Gasteiger partial charge on any atom is 0.0494 e. The van der Waals surface area contributed by atoms with Crippen molar-refractivity contribution in [2.75, 3.05) is 32.8 Å². The van der Waals surface area contributed by atoms with Crippen molar-refractivity contribution in [1.82, 2.24) is 10.2 Å². The molecule has 1 saturated carbocycles. The van der Waals surface area contributed by atoms with Gasteiger partial charge < -0.3 is 10.1 Å². The Kier molecular flexibility index (Phi) is 5.46. The van der Waals surface area contributed by atoms with Gasteiger partial charge >= 0.3 is 0 Å². The van der Waals surface area contributed by atoms with Crippen LogP contribution in [0.5, 0.6) is 0 Å². The lowest BCUT2D eigenvalue weighted by Gasteiger charge is -2.40. The van der Waals surface area contributed by atoms with E-state index in [1.54, 1.807) is 0 Å². The number of nitrogens with one attached hydrogen (secondary N) is 1. The molecular weight excluding hydrogens is 224 g/mol. The molecule has 0 aromatic carbocycles. The number of nitrogens with zero attached hydrogens (tertiary/aromatic N) is 1. The van der Waals surface area contributed by atoms with Crippen molar-refractivity contribution >= 4 is 0 Å². The van der Waals surface area contributed by atoms with Crippen LogP contribution in [0.2, 0.25) is 0 Å². The highest BCUT2D eigenvalue weighted by Gasteiger charge is 2.26. The zero-order valence-electron chi connectivity index (χ0n) is 12.3. The Hall–Kier alpha value is -0.120. The third-order valence-corrected chi connectivity index (χ3v) is 4.32. The van der Waals surface area contributed by atoms with E-state index in [0.717, 1.165) is 31.6 Å². The molecule has 1 aliphatic carbocycles. The molecule has 0 amide bonds. The van der Waals surface area contributed by atoms with E-state index in [1.165, 1.54) is 32.4 Å². The molecule has 3 heteroatoms. The van der Waals surface area contributed by atoms with Crippen LogP contribution in [0.15, 0.2) is 0 Å². The number of hydrogen-bond acceptors (Lipinski definition) is 3. The van der Waals surface area contributed by atoms with Gasteiger partial charge in [-0.3, -0.25) is 4.90 Å². The molecular formula is C15H30N2O. The Bertz CT molecular complexity index is 241. The summed E-state index contributed by atoms with van der Waals surface area (Å²) >= 11 is 0. The maximum atomic E-state index is 5.72. The van der Waals surface area contributed by atoms with Crippen molar-refractivity contribution in [3.63, 3.8) is 0 Å². The summed E-state index contributed by atoms with van der Waals surface area (Å²) in [6.45, 7) is 12.4. The van der Waals surface area contributed by atoms with Gasteiger partial charge in [0.05, 0.1) is 0 Å². The fraction of sp³-hybridized carbons (Fsp3) is 1.00. The van der Waals surface area contributed by atoms with Crippen LogP contribution in [0.25, 0.3) is 0 Å². The summed E-state index contributed by atoms with van der Waals surface area (Å²) in [5, 5.41) is 3.65. The van der Waals surface area contributed by atoms with Gasteiger partial charge in [-0.1, -0.05) is 13.8 Å². The van der Waals surface area contributed by atoms with Crippen LogP contribution >= 0.6 is 0 Å². The Labute approximate surface area is 112 Å². The molecule has 2 aliphatic rings. The average Bonchev–Trinajstić information content (AvgIpc) is 3.14. The number of hydrogen-bond donors (Lipinski definition) is 1. The minimum atomic E-state index is 0.661. The van der Waals surface area contributed by atoms with Gasteiger partial charge in [-0.25, -0.2) is 0 Å². The van der Waals surface area contributed by atoms with Crippen molar-refractivity contribution in [2.45, 2.75) is 52.1 Å². The Morgan fingerprint density at radius 3 is 2.78 bits per heavy atom. The highest BCUT2D eigenvalue weighted by molar-refractivity contribution is 4.85. The zero-order chi connectivity index (χ0) is 13.0. The Morgan fingerprint density at radius 2 is 2.11 bits per heavy atom. The summed E-state index contributed by atoms with van der Waals surface area (Å²) in [7, 11) is 0. The molecule has 2 atom stereocenters. The van der Waals surface area contributed by atoms with Crippen molar-refractivity contribution in [3.05, 3.63) is 0 Å². The quantitative estimate of drug-likeness (QED) is 0.704. The molecule has 3 nitrogen and oxygen atoms in total. The fourth-order valence-electron chi connectivity index (χ4n) is 2.61. The first-order valence-electron chi connectivity index (χ1n) is 7.72. The van der Waals surface area contributed by atoms with Crippen LogP contribution in [0, 0.1) is 11.8 Å². The third-order valence-electron chi connectivity index (χ3n) is 4.32. The van der Waals surface area contributed by atoms with E-state index < -0.39 is 0 Å². The summed E-state index contributed by atoms with van der Waals surface area (Å²) in [5.41, 5.74) is 0. The first kappa shape index (κ1) is 14.3. The summed E-state index contributed by atoms with van der Waals surface area (Å²) in [6.07, 6.45) is 3.97. The lowest BCUT2D eigenvalue weighted by molar-refractivity contribution is 0.0861. The highest BCUT2D eigenvalue weighted by Crippen LogP contribution is 2.28. The van der Waals surface area contributed by atoms with Crippen LogP contribution in [-0.2, 0) is 4.74 Å². The summed E-state index contributed by atoms with van der Waals surface area (Å²) in [4.78, 5) is 2.63. The molecule has 0 bridgehead atoms. The van der Waals surface area contributed by atoms with Gasteiger partial charge in [0.2, 0.25) is 0 Å². The van der Waals surface area contributed by atoms with Crippen molar-refractivity contribution in [3.8, 4) is 0 Å². The molecule has 18 heavy (non-hydrogen) atoms. The molecule has 2 rings (SSSR count). The molecule has 2 unspecified atom stereocenters. The van der Waals surface area contributed by atoms with Gasteiger partial charge in [0, 0.05) is 44.9 Å². The van der Waals surface area contributed by atoms with Crippen LogP contribution in [0.3, 0.4) is 0 Å². The predicted molar refractivity (Wildman–Crippen MR) is 75.8 cm³/mol. The minimum Gasteiger partial charge on any atom is -0.381 e. The molecule has 2 fully saturated rings. The lowest BCUT2D eigenvalue weighted by Crippen LogP contribution is -2.57. The molecule has 0 spiro atoms. The van der Waals surface area contributed by atoms with Crippen molar-refractivity contribution < 1.29 is 4.74 Å². The molecule has 1 heterocycles. The molecule has 0 aromatic rings. The van der Waals surface area contributed by atoms with E-state index in [4.69, 9.17) is 4.74 Å². The topological polar surface area (TPSA) is 24.5 Å². The average molecular weight is 254 g/mol. The number of piperazine rings is 1. The van der Waals surface area contributed by atoms with Crippen LogP contribution in [0.4, 0.5) is 0 Å². The monoisotopic (exact) mass is 254 g/mol. The van der Waals surface area contributed by atoms with E-state index in [9.17, 15) is 0 Å². The predicted octanol–water partition coefficient (Wildman–Crippen LogP) is 2.12. The van der Waals surface area contributed by atoms with E-state index in [2.05, 4.69) is 31.0 Å². The molecule has 0 radical (unpaired) electrons. The van der Waals surface area contributed by atoms with Gasteiger partial charge in [0.1, 0.15) is 0 Å². The Balaban J connectivity index is 1.59. The molecule has 106 valence electrons. The summed E-state index contributed by atoms with van der Waals surface area (Å²) in [6, 6.07) is 1.33. The second-order valence-electron chi connectivity index (χ2n) is 6.47. The van der Waals surface area contributed by atoms with Gasteiger partial charge in [-0.15, -0.1) is 0 Å². The zero-order valence-corrected chi connectivity index (χ0v) is 12.3. The third kappa shape index (κ3) is 4.52. The lowest BCUT2D eigenvalue weighted by atomic mass is 10.00. The normalized spacial score (nSPS) is 30.0. The van der Waals surface area contributed by atoms with Crippen LogP contribution in [0.1, 0.15) is 40.0 Å².